The number of hydrogen-bond acceptors (Lipinski definition) is 11. The number of thiazole rings is 1. The zero-order valence-electron chi connectivity index (χ0n) is 22.4. The van der Waals surface area contributed by atoms with Crippen LogP contribution in [0.3, 0.4) is 0 Å². The third kappa shape index (κ3) is 5.78. The molecule has 0 radical (unpaired) electrons. The zero-order chi connectivity index (χ0) is 30.0. The third-order valence-electron chi connectivity index (χ3n) is 6.22. The van der Waals surface area contributed by atoms with E-state index >= 15 is 0 Å². The number of carbonyl (C=O) groups excluding carboxylic acids is 1. The van der Waals surface area contributed by atoms with Crippen LogP contribution in [0.5, 0.6) is 5.75 Å². The van der Waals surface area contributed by atoms with E-state index in [4.69, 9.17) is 9.47 Å². The molecular formula is C28H22BrN5O6S2. The number of nitrogens with zero attached hydrogens (tertiary/aromatic N) is 5. The minimum absolute atomic E-state index is 0.145. The van der Waals surface area contributed by atoms with Gasteiger partial charge >= 0.3 is 5.97 Å². The van der Waals surface area contributed by atoms with Crippen molar-refractivity contribution in [3.05, 3.63) is 112 Å². The van der Waals surface area contributed by atoms with Crippen LogP contribution in [-0.2, 0) is 9.53 Å². The van der Waals surface area contributed by atoms with Gasteiger partial charge in [0, 0.05) is 28.5 Å². The van der Waals surface area contributed by atoms with E-state index < -0.39 is 22.5 Å². The van der Waals surface area contributed by atoms with Crippen molar-refractivity contribution in [2.45, 2.75) is 29.9 Å². The summed E-state index contributed by atoms with van der Waals surface area (Å²) >= 11 is 5.67. The predicted molar refractivity (Wildman–Crippen MR) is 160 cm³/mol. The first-order valence-electron chi connectivity index (χ1n) is 12.5. The molecule has 4 aromatic rings. The summed E-state index contributed by atoms with van der Waals surface area (Å²) in [6.07, 6.45) is 4.69. The average Bonchev–Trinajstić information content (AvgIpc) is 3.27. The van der Waals surface area contributed by atoms with Gasteiger partial charge in [-0.25, -0.2) is 19.8 Å². The molecule has 0 aliphatic carbocycles. The minimum Gasteiger partial charge on any atom is -0.496 e. The second-order valence-electron chi connectivity index (χ2n) is 8.81. The highest BCUT2D eigenvalue weighted by Gasteiger charge is 2.35. The number of carbonyl (C=O) groups is 1. The lowest BCUT2D eigenvalue weighted by atomic mass is 9.95. The Morgan fingerprint density at radius 2 is 2.00 bits per heavy atom. The van der Waals surface area contributed by atoms with E-state index in [1.165, 1.54) is 17.7 Å². The van der Waals surface area contributed by atoms with Crippen molar-refractivity contribution in [3.8, 4) is 5.75 Å². The Morgan fingerprint density at radius 3 is 2.69 bits per heavy atom. The monoisotopic (exact) mass is 667 g/mol. The summed E-state index contributed by atoms with van der Waals surface area (Å²) in [5.41, 5.74) is 1.08. The lowest BCUT2D eigenvalue weighted by Crippen LogP contribution is -2.40. The van der Waals surface area contributed by atoms with Crippen molar-refractivity contribution < 1.29 is 19.2 Å². The van der Waals surface area contributed by atoms with Crippen molar-refractivity contribution in [1.82, 2.24) is 14.5 Å². The summed E-state index contributed by atoms with van der Waals surface area (Å²) in [5, 5.41) is 12.3. The fourth-order valence-corrected chi connectivity index (χ4v) is 6.67. The number of fused-ring (bicyclic) bond motifs is 1. The summed E-state index contributed by atoms with van der Waals surface area (Å²) in [6.45, 7) is 3.54. The lowest BCUT2D eigenvalue weighted by Gasteiger charge is -2.26. The second kappa shape index (κ2) is 12.4. The molecule has 11 nitrogen and oxygen atoms in total. The second-order valence-corrected chi connectivity index (χ2v) is 11.7. The van der Waals surface area contributed by atoms with Gasteiger partial charge in [0.05, 0.1) is 39.3 Å². The molecular weight excluding hydrogens is 646 g/mol. The molecule has 0 bridgehead atoms. The molecule has 5 rings (SSSR count). The van der Waals surface area contributed by atoms with Crippen LogP contribution in [0.15, 0.2) is 90.4 Å². The smallest absolute Gasteiger partial charge is 0.338 e. The van der Waals surface area contributed by atoms with Gasteiger partial charge in [-0.15, -0.1) is 0 Å². The molecule has 0 amide bonds. The van der Waals surface area contributed by atoms with E-state index in [2.05, 4.69) is 30.9 Å². The van der Waals surface area contributed by atoms with Gasteiger partial charge in [0.1, 0.15) is 11.8 Å². The molecule has 1 atom stereocenters. The summed E-state index contributed by atoms with van der Waals surface area (Å²) in [7, 11) is 1.51. The molecule has 0 saturated heterocycles. The Balaban J connectivity index is 1.67. The van der Waals surface area contributed by atoms with Gasteiger partial charge in [0.15, 0.2) is 9.96 Å². The third-order valence-corrected chi connectivity index (χ3v) is 8.66. The lowest BCUT2D eigenvalue weighted by molar-refractivity contribution is -0.387. The molecule has 42 heavy (non-hydrogen) atoms. The topological polar surface area (TPSA) is 139 Å². The quantitative estimate of drug-likeness (QED) is 0.116. The van der Waals surface area contributed by atoms with Crippen molar-refractivity contribution in [2.24, 2.45) is 4.99 Å². The highest BCUT2D eigenvalue weighted by molar-refractivity contribution is 9.10. The summed E-state index contributed by atoms with van der Waals surface area (Å²) in [5.74, 6) is -0.119. The van der Waals surface area contributed by atoms with Gasteiger partial charge in [-0.3, -0.25) is 19.5 Å². The Kier molecular flexibility index (Phi) is 8.66. The average molecular weight is 669 g/mol. The molecule has 214 valence electrons. The van der Waals surface area contributed by atoms with Gasteiger partial charge < -0.3 is 9.47 Å². The largest absolute Gasteiger partial charge is 0.496 e. The van der Waals surface area contributed by atoms with E-state index in [1.54, 1.807) is 68.7 Å². The molecule has 2 aromatic heterocycles. The van der Waals surface area contributed by atoms with Gasteiger partial charge in [-0.1, -0.05) is 33.3 Å². The van der Waals surface area contributed by atoms with Gasteiger partial charge in [-0.05, 0) is 67.6 Å². The van der Waals surface area contributed by atoms with Crippen molar-refractivity contribution in [1.29, 1.82) is 0 Å². The Hall–Kier alpha value is -4.14. The highest BCUT2D eigenvalue weighted by atomic mass is 79.9. The van der Waals surface area contributed by atoms with E-state index in [9.17, 15) is 19.7 Å². The van der Waals surface area contributed by atoms with Crippen LogP contribution >= 0.6 is 39.0 Å². The number of esters is 1. The number of ether oxygens (including phenoxy) is 2. The highest BCUT2D eigenvalue weighted by Crippen LogP contribution is 2.37. The Labute approximate surface area is 255 Å². The summed E-state index contributed by atoms with van der Waals surface area (Å²) < 4.78 is 13.4. The number of hydrogen-bond donors (Lipinski definition) is 0. The number of nitro benzene ring substituents is 1. The fraction of sp³-hybridized carbons (Fsp3) is 0.179. The Morgan fingerprint density at radius 1 is 1.24 bits per heavy atom. The fourth-order valence-electron chi connectivity index (χ4n) is 4.45. The first-order valence-corrected chi connectivity index (χ1v) is 14.9. The van der Waals surface area contributed by atoms with Crippen LogP contribution in [-0.4, -0.2) is 39.1 Å². The minimum atomic E-state index is -0.881. The molecule has 3 heterocycles. The summed E-state index contributed by atoms with van der Waals surface area (Å²) in [6, 6.07) is 10.8. The Bertz CT molecular complexity index is 1920. The van der Waals surface area contributed by atoms with Crippen LogP contribution in [0.2, 0.25) is 0 Å². The number of aromatic nitrogens is 3. The molecule has 1 aliphatic rings. The normalized spacial score (nSPS) is 14.8. The van der Waals surface area contributed by atoms with Crippen LogP contribution in [0.1, 0.15) is 31.0 Å². The first kappa shape index (κ1) is 29.4. The van der Waals surface area contributed by atoms with Crippen LogP contribution in [0.25, 0.3) is 6.08 Å². The van der Waals surface area contributed by atoms with Gasteiger partial charge in [0.25, 0.3) is 11.2 Å². The number of rotatable bonds is 8. The van der Waals surface area contributed by atoms with E-state index in [0.717, 1.165) is 27.6 Å². The van der Waals surface area contributed by atoms with Crippen molar-refractivity contribution in [3.63, 3.8) is 0 Å². The standard InChI is InChI=1S/C28H22BrN5O6S2/c1-4-40-26(36)23-15(2)32-28-33(24(23)18-14-17(29)7-8-20(18)39-3)25(35)22(42-28)13-16-6-9-21(19(12-16)34(37)38)41-27-30-10-5-11-31-27/h5-14,24H,4H2,1-3H3/b22-13-/t24-/m0/s1. The number of halogens is 1. The van der Waals surface area contributed by atoms with Crippen molar-refractivity contribution in [2.75, 3.05) is 13.7 Å². The number of allylic oxidation sites excluding steroid dienone is 1. The predicted octanol–water partition coefficient (Wildman–Crippen LogP) is 4.42. The molecule has 2 aromatic carbocycles. The molecule has 0 saturated carbocycles. The zero-order valence-corrected chi connectivity index (χ0v) is 25.7. The van der Waals surface area contributed by atoms with E-state index in [1.807, 2.05) is 0 Å². The SMILES string of the molecule is CCOC(=O)C1=C(C)N=c2s/c(=C\c3ccc(Sc4ncccn4)c([N+](=O)[O-])c3)c(=O)n2[C@H]1c1cc(Br)ccc1OC. The van der Waals surface area contributed by atoms with Crippen LogP contribution in [0.4, 0.5) is 5.69 Å². The van der Waals surface area contributed by atoms with Gasteiger partial charge in [-0.2, -0.15) is 0 Å². The molecule has 14 heteroatoms. The molecule has 0 unspecified atom stereocenters. The molecule has 1 aliphatic heterocycles. The number of benzene rings is 2. The molecule has 0 fully saturated rings. The number of nitro groups is 1. The molecule has 0 N–H and O–H groups in total. The number of methoxy groups -OCH3 is 1. The maximum atomic E-state index is 13.9. The maximum absolute atomic E-state index is 13.9. The maximum Gasteiger partial charge on any atom is 0.338 e. The van der Waals surface area contributed by atoms with E-state index in [-0.39, 0.29) is 22.4 Å². The van der Waals surface area contributed by atoms with Crippen LogP contribution < -0.4 is 19.6 Å². The van der Waals surface area contributed by atoms with Gasteiger partial charge in [0.2, 0.25) is 0 Å². The first-order chi connectivity index (χ1) is 20.2. The van der Waals surface area contributed by atoms with Crippen molar-refractivity contribution >= 4 is 56.8 Å². The van der Waals surface area contributed by atoms with Crippen LogP contribution in [0, 0.1) is 10.1 Å². The summed E-state index contributed by atoms with van der Waals surface area (Å²) in [4.78, 5) is 52.1. The van der Waals surface area contributed by atoms with E-state index in [0.29, 0.717) is 37.4 Å². The molecule has 0 spiro atoms.